The van der Waals surface area contributed by atoms with Crippen molar-refractivity contribution in [1.82, 2.24) is 5.32 Å². The van der Waals surface area contributed by atoms with Crippen molar-refractivity contribution in [2.75, 3.05) is 13.2 Å². The summed E-state index contributed by atoms with van der Waals surface area (Å²) in [7, 11) is 0. The molecule has 442 valence electrons. The number of carbonyl (C=O) groups excluding carboxylic acids is 2. The van der Waals surface area contributed by atoms with E-state index in [0.29, 0.717) is 19.4 Å². The molecule has 0 fully saturated rings. The van der Waals surface area contributed by atoms with Gasteiger partial charge in [-0.15, -0.1) is 0 Å². The molecule has 0 bridgehead atoms. The van der Waals surface area contributed by atoms with Gasteiger partial charge in [0.15, 0.2) is 0 Å². The average Bonchev–Trinajstić information content (AvgIpc) is 3.41. The maximum Gasteiger partial charge on any atom is 0.305 e. The molecule has 6 heteroatoms. The molecule has 75 heavy (non-hydrogen) atoms. The first-order valence-corrected chi connectivity index (χ1v) is 33.8. The van der Waals surface area contributed by atoms with Crippen molar-refractivity contribution in [3.63, 3.8) is 0 Å². The first kappa shape index (κ1) is 73.1. The molecule has 0 spiro atoms. The van der Waals surface area contributed by atoms with Crippen molar-refractivity contribution in [2.45, 2.75) is 379 Å². The lowest BCUT2D eigenvalue weighted by Gasteiger charge is -2.20. The van der Waals surface area contributed by atoms with Gasteiger partial charge in [-0.25, -0.2) is 0 Å². The van der Waals surface area contributed by atoms with Crippen LogP contribution in [-0.4, -0.2) is 47.4 Å². The van der Waals surface area contributed by atoms with Crippen molar-refractivity contribution in [2.24, 2.45) is 0 Å². The molecule has 0 aliphatic carbocycles. The molecule has 0 saturated carbocycles. The standard InChI is InChI=1S/C69H131NO5/c1-3-5-7-9-11-13-15-17-18-19-20-21-23-26-29-32-35-38-41-45-49-53-57-61-67(72)66(65-71)70-68(73)62-58-54-50-46-42-39-36-33-30-27-24-22-25-28-31-34-37-40-44-48-52-56-60-64-75-69(74)63-59-55-51-47-43-16-14-12-10-8-6-4-2/h12,14,27,30,57,61,66-67,71-72H,3-11,13,15-26,28-29,31-56,58-60,62-65H2,1-2H3,(H,70,73)/b14-12-,30-27-,61-57+. The topological polar surface area (TPSA) is 95.9 Å². The van der Waals surface area contributed by atoms with E-state index in [1.165, 1.54) is 289 Å². The largest absolute Gasteiger partial charge is 0.466 e. The number of hydrogen-bond donors (Lipinski definition) is 3. The van der Waals surface area contributed by atoms with Gasteiger partial charge >= 0.3 is 5.97 Å². The second kappa shape index (κ2) is 64.6. The zero-order valence-electron chi connectivity index (χ0n) is 50.5. The lowest BCUT2D eigenvalue weighted by Crippen LogP contribution is -2.45. The summed E-state index contributed by atoms with van der Waals surface area (Å²) >= 11 is 0. The van der Waals surface area contributed by atoms with Crippen LogP contribution in [0.3, 0.4) is 0 Å². The number of ether oxygens (including phenoxy) is 1. The Morgan fingerprint density at radius 2 is 0.627 bits per heavy atom. The van der Waals surface area contributed by atoms with E-state index in [1.807, 2.05) is 6.08 Å². The first-order valence-electron chi connectivity index (χ1n) is 33.8. The van der Waals surface area contributed by atoms with Crippen LogP contribution in [0, 0.1) is 0 Å². The summed E-state index contributed by atoms with van der Waals surface area (Å²) in [5.41, 5.74) is 0. The van der Waals surface area contributed by atoms with Gasteiger partial charge in [-0.1, -0.05) is 307 Å². The van der Waals surface area contributed by atoms with Gasteiger partial charge in [0.25, 0.3) is 0 Å². The van der Waals surface area contributed by atoms with Gasteiger partial charge in [-0.3, -0.25) is 9.59 Å². The van der Waals surface area contributed by atoms with Crippen LogP contribution in [0.2, 0.25) is 0 Å². The second-order valence-corrected chi connectivity index (χ2v) is 23.1. The number of esters is 1. The Kier molecular flexibility index (Phi) is 63.0. The minimum absolute atomic E-state index is 0.00116. The maximum atomic E-state index is 12.5. The number of allylic oxidation sites excluding steroid dienone is 5. The summed E-state index contributed by atoms with van der Waals surface area (Å²) < 4.78 is 5.47. The zero-order chi connectivity index (χ0) is 54.3. The molecule has 2 unspecified atom stereocenters. The third kappa shape index (κ3) is 61.2. The summed E-state index contributed by atoms with van der Waals surface area (Å²) in [5.74, 6) is -0.0698. The Labute approximate surface area is 468 Å². The number of rotatable bonds is 63. The van der Waals surface area contributed by atoms with Gasteiger partial charge in [-0.2, -0.15) is 0 Å². The van der Waals surface area contributed by atoms with Crippen molar-refractivity contribution < 1.29 is 24.5 Å². The van der Waals surface area contributed by atoms with Crippen molar-refractivity contribution >= 4 is 11.9 Å². The Hall–Kier alpha value is -1.92. The molecule has 0 aromatic heterocycles. The Morgan fingerprint density at radius 3 is 0.973 bits per heavy atom. The van der Waals surface area contributed by atoms with E-state index in [0.717, 1.165) is 51.4 Å². The lowest BCUT2D eigenvalue weighted by molar-refractivity contribution is -0.143. The highest BCUT2D eigenvalue weighted by Gasteiger charge is 2.18. The molecule has 0 saturated heterocycles. The van der Waals surface area contributed by atoms with Crippen molar-refractivity contribution in [3.05, 3.63) is 36.5 Å². The van der Waals surface area contributed by atoms with E-state index in [9.17, 15) is 19.8 Å². The minimum atomic E-state index is -0.850. The van der Waals surface area contributed by atoms with E-state index in [2.05, 4.69) is 43.5 Å². The summed E-state index contributed by atoms with van der Waals surface area (Å²) in [5, 5.41) is 23.2. The van der Waals surface area contributed by atoms with E-state index < -0.39 is 12.1 Å². The lowest BCUT2D eigenvalue weighted by atomic mass is 10.0. The third-order valence-corrected chi connectivity index (χ3v) is 15.6. The molecule has 0 radical (unpaired) electrons. The van der Waals surface area contributed by atoms with Crippen LogP contribution < -0.4 is 5.32 Å². The molecule has 0 heterocycles. The fourth-order valence-corrected chi connectivity index (χ4v) is 10.4. The number of unbranched alkanes of at least 4 members (excludes halogenated alkanes) is 48. The minimum Gasteiger partial charge on any atom is -0.466 e. The van der Waals surface area contributed by atoms with Crippen LogP contribution >= 0.6 is 0 Å². The number of nitrogens with one attached hydrogen (secondary N) is 1. The molecule has 3 N–H and O–H groups in total. The van der Waals surface area contributed by atoms with E-state index in [4.69, 9.17) is 4.74 Å². The van der Waals surface area contributed by atoms with E-state index >= 15 is 0 Å². The van der Waals surface area contributed by atoms with E-state index in [-0.39, 0.29) is 18.5 Å². The van der Waals surface area contributed by atoms with Gasteiger partial charge in [-0.05, 0) is 83.5 Å². The molecule has 0 aliphatic heterocycles. The second-order valence-electron chi connectivity index (χ2n) is 23.1. The predicted molar refractivity (Wildman–Crippen MR) is 329 cm³/mol. The number of hydrogen-bond acceptors (Lipinski definition) is 5. The third-order valence-electron chi connectivity index (χ3n) is 15.6. The number of aliphatic hydroxyl groups excluding tert-OH is 2. The fourth-order valence-electron chi connectivity index (χ4n) is 10.4. The molecule has 6 nitrogen and oxygen atoms in total. The van der Waals surface area contributed by atoms with Crippen LogP contribution in [-0.2, 0) is 14.3 Å². The molecule has 2 atom stereocenters. The SMILES string of the molecule is CCCCC/C=C\CCCCCCCC(=O)OCCCCCCCCCCCCCC/C=C\CCCCCCCCCC(=O)NC(CO)C(O)/C=C/CCCCCCCCCCCCCCCCCCCCCCC. The van der Waals surface area contributed by atoms with Crippen LogP contribution in [0.15, 0.2) is 36.5 Å². The Balaban J connectivity index is 3.45. The quantitative estimate of drug-likeness (QED) is 0.0320. The highest BCUT2D eigenvalue weighted by Crippen LogP contribution is 2.18. The Morgan fingerprint density at radius 1 is 0.360 bits per heavy atom. The number of amides is 1. The summed E-state index contributed by atoms with van der Waals surface area (Å²) in [6.45, 7) is 4.90. The van der Waals surface area contributed by atoms with Gasteiger partial charge in [0.05, 0.1) is 25.4 Å². The molecule has 1 amide bonds. The highest BCUT2D eigenvalue weighted by atomic mass is 16.5. The average molecular weight is 1050 g/mol. The van der Waals surface area contributed by atoms with Gasteiger partial charge in [0.2, 0.25) is 5.91 Å². The first-order chi connectivity index (χ1) is 37.0. The van der Waals surface area contributed by atoms with Crippen molar-refractivity contribution in [3.8, 4) is 0 Å². The molecule has 0 aromatic carbocycles. The fraction of sp³-hybridized carbons (Fsp3) is 0.884. The van der Waals surface area contributed by atoms with Gasteiger partial charge in [0, 0.05) is 12.8 Å². The zero-order valence-corrected chi connectivity index (χ0v) is 50.5. The molecule has 0 aliphatic rings. The molecular weight excluding hydrogens is 923 g/mol. The number of aliphatic hydroxyl groups is 2. The normalized spacial score (nSPS) is 12.7. The highest BCUT2D eigenvalue weighted by molar-refractivity contribution is 5.76. The smallest absolute Gasteiger partial charge is 0.305 e. The molecule has 0 aromatic rings. The van der Waals surface area contributed by atoms with E-state index in [1.54, 1.807) is 6.08 Å². The van der Waals surface area contributed by atoms with Crippen molar-refractivity contribution in [1.29, 1.82) is 0 Å². The molecule has 0 rings (SSSR count). The van der Waals surface area contributed by atoms with Crippen LogP contribution in [0.5, 0.6) is 0 Å². The van der Waals surface area contributed by atoms with Gasteiger partial charge in [0.1, 0.15) is 0 Å². The number of carbonyl (C=O) groups is 2. The monoisotopic (exact) mass is 1050 g/mol. The van der Waals surface area contributed by atoms with Crippen LogP contribution in [0.4, 0.5) is 0 Å². The predicted octanol–water partition coefficient (Wildman–Crippen LogP) is 21.5. The summed E-state index contributed by atoms with van der Waals surface area (Å²) in [6.07, 6.45) is 82.1. The Bertz CT molecular complexity index is 1210. The maximum absolute atomic E-state index is 12.5. The van der Waals surface area contributed by atoms with Crippen LogP contribution in [0.1, 0.15) is 367 Å². The summed E-state index contributed by atoms with van der Waals surface area (Å²) in [6, 6.07) is -0.634. The molecular formula is C69H131NO5. The van der Waals surface area contributed by atoms with Crippen LogP contribution in [0.25, 0.3) is 0 Å². The van der Waals surface area contributed by atoms with Gasteiger partial charge < -0.3 is 20.3 Å². The summed E-state index contributed by atoms with van der Waals surface area (Å²) in [4.78, 5) is 24.5.